The van der Waals surface area contributed by atoms with Crippen LogP contribution in [0.2, 0.25) is 0 Å². The van der Waals surface area contributed by atoms with Gasteiger partial charge in [0.05, 0.1) is 12.2 Å². The summed E-state index contributed by atoms with van der Waals surface area (Å²) in [5.41, 5.74) is 5.67. The molecule has 1 unspecified atom stereocenters. The van der Waals surface area contributed by atoms with Gasteiger partial charge >= 0.3 is 0 Å². The van der Waals surface area contributed by atoms with Crippen molar-refractivity contribution in [2.45, 2.75) is 31.5 Å². The zero-order chi connectivity index (χ0) is 14.6. The number of benzene rings is 1. The molecule has 1 aliphatic heterocycles. The van der Waals surface area contributed by atoms with Crippen LogP contribution >= 0.6 is 0 Å². The zero-order valence-corrected chi connectivity index (χ0v) is 12.5. The van der Waals surface area contributed by atoms with Gasteiger partial charge in [0.15, 0.2) is 0 Å². The summed E-state index contributed by atoms with van der Waals surface area (Å²) in [5.74, 6) is 0. The van der Waals surface area contributed by atoms with Crippen molar-refractivity contribution < 1.29 is 9.84 Å². The molecule has 0 bridgehead atoms. The van der Waals surface area contributed by atoms with Crippen molar-refractivity contribution in [3.63, 3.8) is 0 Å². The molecule has 1 aromatic carbocycles. The summed E-state index contributed by atoms with van der Waals surface area (Å²) >= 11 is 0. The van der Waals surface area contributed by atoms with Crippen LogP contribution < -0.4 is 5.73 Å². The maximum atomic E-state index is 10.8. The number of aliphatic hydroxyl groups is 1. The molecular weight excluding hydrogens is 252 g/mol. The number of morpholine rings is 1. The molecule has 0 radical (unpaired) electrons. The molecule has 4 heteroatoms. The third kappa shape index (κ3) is 3.79. The van der Waals surface area contributed by atoms with Crippen molar-refractivity contribution in [3.8, 4) is 0 Å². The van der Waals surface area contributed by atoms with E-state index in [0.717, 1.165) is 31.8 Å². The van der Waals surface area contributed by atoms with Gasteiger partial charge in [-0.3, -0.25) is 4.90 Å². The van der Waals surface area contributed by atoms with Crippen molar-refractivity contribution in [2.24, 2.45) is 5.73 Å². The van der Waals surface area contributed by atoms with E-state index in [0.29, 0.717) is 6.42 Å². The van der Waals surface area contributed by atoms with E-state index in [1.807, 2.05) is 30.3 Å². The Morgan fingerprint density at radius 1 is 1.35 bits per heavy atom. The summed E-state index contributed by atoms with van der Waals surface area (Å²) in [6, 6.07) is 9.71. The minimum absolute atomic E-state index is 0.105. The second-order valence-electron chi connectivity index (χ2n) is 6.24. The highest BCUT2D eigenvalue weighted by atomic mass is 16.5. The van der Waals surface area contributed by atoms with E-state index in [-0.39, 0.29) is 12.1 Å². The highest BCUT2D eigenvalue weighted by molar-refractivity contribution is 5.22. The fourth-order valence-electron chi connectivity index (χ4n) is 2.76. The van der Waals surface area contributed by atoms with Crippen LogP contribution in [-0.2, 0) is 10.3 Å². The Balaban J connectivity index is 1.97. The van der Waals surface area contributed by atoms with Crippen LogP contribution in [0.3, 0.4) is 0 Å². The lowest BCUT2D eigenvalue weighted by Crippen LogP contribution is -2.50. The largest absolute Gasteiger partial charge is 0.384 e. The first-order chi connectivity index (χ1) is 9.45. The molecule has 0 saturated carbocycles. The third-order valence-corrected chi connectivity index (χ3v) is 4.00. The second kappa shape index (κ2) is 6.22. The zero-order valence-electron chi connectivity index (χ0n) is 12.5. The minimum atomic E-state index is -0.941. The Hall–Kier alpha value is -0.940. The predicted molar refractivity (Wildman–Crippen MR) is 80.5 cm³/mol. The van der Waals surface area contributed by atoms with E-state index in [1.54, 1.807) is 0 Å². The van der Waals surface area contributed by atoms with Crippen molar-refractivity contribution in [1.82, 2.24) is 4.90 Å². The van der Waals surface area contributed by atoms with Gasteiger partial charge < -0.3 is 15.6 Å². The second-order valence-corrected chi connectivity index (χ2v) is 6.24. The first-order valence-electron chi connectivity index (χ1n) is 7.29. The van der Waals surface area contributed by atoms with Gasteiger partial charge in [-0.1, -0.05) is 30.3 Å². The number of nitrogens with zero attached hydrogens (tertiary/aromatic N) is 1. The fourth-order valence-corrected chi connectivity index (χ4v) is 2.76. The van der Waals surface area contributed by atoms with Gasteiger partial charge in [-0.15, -0.1) is 0 Å². The van der Waals surface area contributed by atoms with Gasteiger partial charge in [0, 0.05) is 26.2 Å². The molecule has 0 spiro atoms. The molecule has 1 atom stereocenters. The van der Waals surface area contributed by atoms with Crippen LogP contribution in [0, 0.1) is 0 Å². The highest BCUT2D eigenvalue weighted by Gasteiger charge is 2.31. The van der Waals surface area contributed by atoms with Gasteiger partial charge in [0.1, 0.15) is 5.60 Å². The average molecular weight is 278 g/mol. The number of ether oxygens (including phenoxy) is 1. The van der Waals surface area contributed by atoms with Crippen molar-refractivity contribution in [3.05, 3.63) is 35.9 Å². The van der Waals surface area contributed by atoms with Gasteiger partial charge in [-0.25, -0.2) is 0 Å². The Labute approximate surface area is 121 Å². The fraction of sp³-hybridized carbons (Fsp3) is 0.625. The molecule has 1 aromatic rings. The molecule has 1 fully saturated rings. The highest BCUT2D eigenvalue weighted by Crippen LogP contribution is 2.25. The Bertz CT molecular complexity index is 422. The Morgan fingerprint density at radius 2 is 2.05 bits per heavy atom. The van der Waals surface area contributed by atoms with E-state index in [2.05, 4.69) is 18.7 Å². The van der Waals surface area contributed by atoms with Gasteiger partial charge in [0.25, 0.3) is 0 Å². The molecule has 0 aliphatic carbocycles. The predicted octanol–water partition coefficient (Wildman–Crippen LogP) is 1.33. The molecular formula is C16H26N2O2. The van der Waals surface area contributed by atoms with Crippen LogP contribution in [0.4, 0.5) is 0 Å². The Kier molecular flexibility index (Phi) is 4.81. The normalized spacial score (nSPS) is 22.4. The summed E-state index contributed by atoms with van der Waals surface area (Å²) < 4.78 is 5.71. The monoisotopic (exact) mass is 278 g/mol. The molecule has 4 nitrogen and oxygen atoms in total. The van der Waals surface area contributed by atoms with Crippen molar-refractivity contribution >= 4 is 0 Å². The summed E-state index contributed by atoms with van der Waals surface area (Å²) in [6.45, 7) is 7.83. The van der Waals surface area contributed by atoms with Gasteiger partial charge in [-0.05, 0) is 25.8 Å². The SMILES string of the molecule is CC1(C)CN(CCC(O)(CN)c2ccccc2)CCO1. The molecule has 0 aromatic heterocycles. The van der Waals surface area contributed by atoms with Crippen LogP contribution in [0.25, 0.3) is 0 Å². The van der Waals surface area contributed by atoms with E-state index < -0.39 is 5.60 Å². The minimum Gasteiger partial charge on any atom is -0.384 e. The van der Waals surface area contributed by atoms with E-state index in [9.17, 15) is 5.11 Å². The van der Waals surface area contributed by atoms with E-state index >= 15 is 0 Å². The summed E-state index contributed by atoms with van der Waals surface area (Å²) in [7, 11) is 0. The summed E-state index contributed by atoms with van der Waals surface area (Å²) in [4.78, 5) is 2.34. The maximum absolute atomic E-state index is 10.8. The third-order valence-electron chi connectivity index (χ3n) is 4.00. The summed E-state index contributed by atoms with van der Waals surface area (Å²) in [5, 5.41) is 10.8. The van der Waals surface area contributed by atoms with Crippen LogP contribution in [-0.4, -0.2) is 48.4 Å². The van der Waals surface area contributed by atoms with E-state index in [4.69, 9.17) is 10.5 Å². The molecule has 2 rings (SSSR count). The molecule has 0 amide bonds. The summed E-state index contributed by atoms with van der Waals surface area (Å²) in [6.07, 6.45) is 0.642. The molecule has 3 N–H and O–H groups in total. The lowest BCUT2D eigenvalue weighted by Gasteiger charge is -2.39. The van der Waals surface area contributed by atoms with Crippen molar-refractivity contribution in [2.75, 3.05) is 32.8 Å². The maximum Gasteiger partial charge on any atom is 0.103 e. The quantitative estimate of drug-likeness (QED) is 0.853. The van der Waals surface area contributed by atoms with Crippen molar-refractivity contribution in [1.29, 1.82) is 0 Å². The topological polar surface area (TPSA) is 58.7 Å². The van der Waals surface area contributed by atoms with Gasteiger partial charge in [0.2, 0.25) is 0 Å². The van der Waals surface area contributed by atoms with E-state index in [1.165, 1.54) is 0 Å². The first-order valence-corrected chi connectivity index (χ1v) is 7.29. The molecule has 20 heavy (non-hydrogen) atoms. The lowest BCUT2D eigenvalue weighted by molar-refractivity contribution is -0.0913. The average Bonchev–Trinajstić information content (AvgIpc) is 2.45. The number of hydrogen-bond donors (Lipinski definition) is 2. The standard InChI is InChI=1S/C16H26N2O2/c1-15(2)13-18(10-11-20-15)9-8-16(19,12-17)14-6-4-3-5-7-14/h3-7,19H,8-13,17H2,1-2H3. The molecule has 112 valence electrons. The Morgan fingerprint density at radius 3 is 2.65 bits per heavy atom. The van der Waals surface area contributed by atoms with Crippen LogP contribution in [0.15, 0.2) is 30.3 Å². The number of rotatable bonds is 5. The van der Waals surface area contributed by atoms with Crippen LogP contribution in [0.5, 0.6) is 0 Å². The molecule has 1 heterocycles. The van der Waals surface area contributed by atoms with Gasteiger partial charge in [-0.2, -0.15) is 0 Å². The number of hydrogen-bond acceptors (Lipinski definition) is 4. The smallest absolute Gasteiger partial charge is 0.103 e. The molecule has 1 aliphatic rings. The molecule has 1 saturated heterocycles. The first kappa shape index (κ1) is 15.4. The lowest BCUT2D eigenvalue weighted by atomic mass is 9.90. The van der Waals surface area contributed by atoms with Crippen LogP contribution in [0.1, 0.15) is 25.8 Å². The number of nitrogens with two attached hydrogens (primary N) is 1.